The first-order chi connectivity index (χ1) is 11.6. The molecule has 2 N–H and O–H groups in total. The maximum absolute atomic E-state index is 12.3. The minimum Gasteiger partial charge on any atom is -0.317 e. The Balaban J connectivity index is 0.00000225. The van der Waals surface area contributed by atoms with Crippen molar-refractivity contribution >= 4 is 34.8 Å². The van der Waals surface area contributed by atoms with Gasteiger partial charge in [-0.3, -0.25) is 4.79 Å². The van der Waals surface area contributed by atoms with Gasteiger partial charge >= 0.3 is 0 Å². The van der Waals surface area contributed by atoms with Crippen LogP contribution in [0.15, 0.2) is 29.6 Å². The number of anilines is 1. The smallest absolute Gasteiger partial charge is 0.226 e. The molecule has 0 radical (unpaired) electrons. The van der Waals surface area contributed by atoms with Crippen LogP contribution in [-0.2, 0) is 4.79 Å². The molecule has 1 aromatic heterocycles. The van der Waals surface area contributed by atoms with E-state index in [9.17, 15) is 4.79 Å². The fourth-order valence-electron chi connectivity index (χ4n) is 3.36. The molecule has 25 heavy (non-hydrogen) atoms. The summed E-state index contributed by atoms with van der Waals surface area (Å²) >= 11 is 1.49. The number of benzene rings is 1. The second-order valence-corrected chi connectivity index (χ2v) is 7.53. The second kappa shape index (κ2) is 9.32. The molecule has 4 nitrogen and oxygen atoms in total. The van der Waals surface area contributed by atoms with E-state index in [0.717, 1.165) is 24.3 Å². The molecule has 0 saturated carbocycles. The minimum absolute atomic E-state index is 0. The van der Waals surface area contributed by atoms with Crippen molar-refractivity contribution in [1.82, 2.24) is 10.3 Å². The van der Waals surface area contributed by atoms with Gasteiger partial charge in [-0.15, -0.1) is 23.7 Å². The molecule has 1 fully saturated rings. The Hall–Kier alpha value is -1.43. The quantitative estimate of drug-likeness (QED) is 0.803. The highest BCUT2D eigenvalue weighted by Crippen LogP contribution is 2.28. The third-order valence-electron chi connectivity index (χ3n) is 4.87. The van der Waals surface area contributed by atoms with Gasteiger partial charge in [-0.25, -0.2) is 4.98 Å². The predicted octanol–water partition coefficient (Wildman–Crippen LogP) is 4.50. The van der Waals surface area contributed by atoms with Gasteiger partial charge in [0.1, 0.15) is 0 Å². The molecule has 6 heteroatoms. The molecule has 2 aromatic rings. The minimum atomic E-state index is 0. The van der Waals surface area contributed by atoms with Gasteiger partial charge in [0.2, 0.25) is 5.91 Å². The van der Waals surface area contributed by atoms with Crippen LogP contribution in [0, 0.1) is 18.8 Å². The lowest BCUT2D eigenvalue weighted by molar-refractivity contribution is -0.117. The standard InChI is InChI=1S/C19H25N3OS.ClH/c1-13-5-3-4-6-16(13)17-12-24-19(21-17)22-18(23)11-14(2)15-7-9-20-10-8-15;/h3-6,12,14-15,20H,7-11H2,1-2H3,(H,21,22,23);1H. The van der Waals surface area contributed by atoms with E-state index in [1.54, 1.807) is 0 Å². The number of halogens is 1. The summed E-state index contributed by atoms with van der Waals surface area (Å²) < 4.78 is 0. The van der Waals surface area contributed by atoms with Crippen molar-refractivity contribution in [3.8, 4) is 11.3 Å². The van der Waals surface area contributed by atoms with Crippen LogP contribution in [0.1, 0.15) is 31.7 Å². The van der Waals surface area contributed by atoms with Gasteiger partial charge in [0.15, 0.2) is 5.13 Å². The van der Waals surface area contributed by atoms with E-state index in [4.69, 9.17) is 0 Å². The summed E-state index contributed by atoms with van der Waals surface area (Å²) in [6, 6.07) is 8.18. The van der Waals surface area contributed by atoms with Crippen LogP contribution >= 0.6 is 23.7 Å². The van der Waals surface area contributed by atoms with Crippen molar-refractivity contribution in [1.29, 1.82) is 0 Å². The third-order valence-corrected chi connectivity index (χ3v) is 5.63. The summed E-state index contributed by atoms with van der Waals surface area (Å²) in [5.41, 5.74) is 3.25. The summed E-state index contributed by atoms with van der Waals surface area (Å²) in [6.07, 6.45) is 2.91. The highest BCUT2D eigenvalue weighted by molar-refractivity contribution is 7.14. The molecule has 3 rings (SSSR count). The third kappa shape index (κ3) is 5.27. The van der Waals surface area contributed by atoms with Gasteiger partial charge in [-0.2, -0.15) is 0 Å². The average molecular weight is 380 g/mol. The molecule has 1 amide bonds. The Labute approximate surface area is 159 Å². The van der Waals surface area contributed by atoms with Gasteiger partial charge < -0.3 is 10.6 Å². The zero-order valence-corrected chi connectivity index (χ0v) is 16.4. The molecule has 1 unspecified atom stereocenters. The molecular weight excluding hydrogens is 354 g/mol. The normalized spacial score (nSPS) is 16.1. The van der Waals surface area contributed by atoms with Crippen LogP contribution in [0.4, 0.5) is 5.13 Å². The van der Waals surface area contributed by atoms with Crippen molar-refractivity contribution in [2.75, 3.05) is 18.4 Å². The molecule has 0 aliphatic carbocycles. The lowest BCUT2D eigenvalue weighted by atomic mass is 9.84. The van der Waals surface area contributed by atoms with Gasteiger partial charge in [-0.1, -0.05) is 31.2 Å². The van der Waals surface area contributed by atoms with Gasteiger partial charge in [-0.05, 0) is 50.3 Å². The van der Waals surface area contributed by atoms with E-state index in [2.05, 4.69) is 41.6 Å². The topological polar surface area (TPSA) is 54.0 Å². The molecule has 1 aliphatic heterocycles. The van der Waals surface area contributed by atoms with Crippen molar-refractivity contribution in [3.05, 3.63) is 35.2 Å². The van der Waals surface area contributed by atoms with E-state index < -0.39 is 0 Å². The van der Waals surface area contributed by atoms with Crippen molar-refractivity contribution < 1.29 is 4.79 Å². The molecule has 1 saturated heterocycles. The number of thiazole rings is 1. The van der Waals surface area contributed by atoms with Crippen molar-refractivity contribution in [3.63, 3.8) is 0 Å². The Bertz CT molecular complexity index is 697. The maximum atomic E-state index is 12.3. The van der Waals surface area contributed by atoms with E-state index in [0.29, 0.717) is 23.4 Å². The number of carbonyl (C=O) groups excluding carboxylic acids is 1. The summed E-state index contributed by atoms with van der Waals surface area (Å²) in [4.78, 5) is 16.9. The largest absolute Gasteiger partial charge is 0.317 e. The van der Waals surface area contributed by atoms with Crippen LogP contribution in [-0.4, -0.2) is 24.0 Å². The highest BCUT2D eigenvalue weighted by atomic mass is 35.5. The molecule has 1 aliphatic rings. The molecule has 1 atom stereocenters. The van der Waals surface area contributed by atoms with Crippen molar-refractivity contribution in [2.45, 2.75) is 33.1 Å². The fraction of sp³-hybridized carbons (Fsp3) is 0.474. The van der Waals surface area contributed by atoms with Crippen LogP contribution in [0.5, 0.6) is 0 Å². The fourth-order valence-corrected chi connectivity index (χ4v) is 4.08. The number of hydrogen-bond donors (Lipinski definition) is 2. The van der Waals surface area contributed by atoms with Gasteiger partial charge in [0.25, 0.3) is 0 Å². The number of carbonyl (C=O) groups is 1. The van der Waals surface area contributed by atoms with E-state index >= 15 is 0 Å². The number of aryl methyl sites for hydroxylation is 1. The lowest BCUT2D eigenvalue weighted by Crippen LogP contribution is -2.32. The average Bonchev–Trinajstić information content (AvgIpc) is 3.04. The first kappa shape index (κ1) is 19.9. The first-order valence-corrected chi connectivity index (χ1v) is 9.53. The first-order valence-electron chi connectivity index (χ1n) is 8.65. The molecule has 0 bridgehead atoms. The maximum Gasteiger partial charge on any atom is 0.226 e. The number of hydrogen-bond acceptors (Lipinski definition) is 4. The van der Waals surface area contributed by atoms with Crippen molar-refractivity contribution in [2.24, 2.45) is 11.8 Å². The zero-order valence-electron chi connectivity index (χ0n) is 14.7. The van der Waals surface area contributed by atoms with E-state index in [1.807, 2.05) is 17.5 Å². The number of rotatable bonds is 5. The van der Waals surface area contributed by atoms with Crippen LogP contribution in [0.25, 0.3) is 11.3 Å². The molecule has 136 valence electrons. The molecular formula is C19H26ClN3OS. The summed E-state index contributed by atoms with van der Waals surface area (Å²) in [6.45, 7) is 6.41. The number of piperidine rings is 1. The summed E-state index contributed by atoms with van der Waals surface area (Å²) in [5, 5.41) is 9.05. The Kier molecular flexibility index (Phi) is 7.41. The Morgan fingerprint density at radius 2 is 2.08 bits per heavy atom. The highest BCUT2D eigenvalue weighted by Gasteiger charge is 2.22. The Morgan fingerprint density at radius 3 is 2.80 bits per heavy atom. The van der Waals surface area contributed by atoms with Crippen LogP contribution < -0.4 is 10.6 Å². The predicted molar refractivity (Wildman–Crippen MR) is 108 cm³/mol. The molecule has 2 heterocycles. The monoisotopic (exact) mass is 379 g/mol. The lowest BCUT2D eigenvalue weighted by Gasteiger charge is -2.27. The number of nitrogens with zero attached hydrogens (tertiary/aromatic N) is 1. The van der Waals surface area contributed by atoms with Crippen LogP contribution in [0.2, 0.25) is 0 Å². The molecule has 0 spiro atoms. The number of nitrogens with one attached hydrogen (secondary N) is 2. The zero-order chi connectivity index (χ0) is 16.9. The Morgan fingerprint density at radius 1 is 1.36 bits per heavy atom. The van der Waals surface area contributed by atoms with E-state index in [1.165, 1.54) is 29.7 Å². The second-order valence-electron chi connectivity index (χ2n) is 6.67. The molecule has 1 aromatic carbocycles. The summed E-state index contributed by atoms with van der Waals surface area (Å²) in [5.74, 6) is 1.14. The summed E-state index contributed by atoms with van der Waals surface area (Å²) in [7, 11) is 0. The van der Waals surface area contributed by atoms with Gasteiger partial charge in [0, 0.05) is 17.4 Å². The van der Waals surface area contributed by atoms with Gasteiger partial charge in [0.05, 0.1) is 5.69 Å². The van der Waals surface area contributed by atoms with E-state index in [-0.39, 0.29) is 18.3 Å². The number of aromatic nitrogens is 1. The SMILES string of the molecule is Cc1ccccc1-c1csc(NC(=O)CC(C)C2CCNCC2)n1.Cl. The van der Waals surface area contributed by atoms with Crippen LogP contribution in [0.3, 0.4) is 0 Å². The number of amides is 1.